The minimum Gasteiger partial charge on any atom is -0.490 e. The van der Waals surface area contributed by atoms with E-state index in [-0.39, 0.29) is 30.1 Å². The number of nitrogens with zero attached hydrogens (tertiary/aromatic N) is 3. The predicted molar refractivity (Wildman–Crippen MR) is 145 cm³/mol. The molecule has 0 aliphatic heterocycles. The number of aliphatic hydroxyl groups is 1. The first-order chi connectivity index (χ1) is 17.5. The molecule has 1 amide bonds. The molecule has 0 fully saturated rings. The second kappa shape index (κ2) is 12.1. The highest BCUT2D eigenvalue weighted by atomic mass is 16.5. The topological polar surface area (TPSA) is 100 Å². The smallest absolute Gasteiger partial charge is 0.251 e. The van der Waals surface area contributed by atoms with E-state index in [0.29, 0.717) is 29.7 Å². The van der Waals surface area contributed by atoms with Crippen molar-refractivity contribution in [3.63, 3.8) is 0 Å². The summed E-state index contributed by atoms with van der Waals surface area (Å²) in [5.41, 5.74) is 3.88. The maximum absolute atomic E-state index is 12.9. The second-order valence-corrected chi connectivity index (χ2v) is 11.0. The van der Waals surface area contributed by atoms with Gasteiger partial charge < -0.3 is 19.7 Å². The molecule has 7 heteroatoms. The van der Waals surface area contributed by atoms with E-state index in [2.05, 4.69) is 42.9 Å². The van der Waals surface area contributed by atoms with Gasteiger partial charge in [0.25, 0.3) is 5.91 Å². The Bertz CT molecular complexity index is 1250. The van der Waals surface area contributed by atoms with Crippen molar-refractivity contribution in [1.82, 2.24) is 14.9 Å². The zero-order valence-electron chi connectivity index (χ0n) is 22.7. The number of ether oxygens (including phenoxy) is 1. The van der Waals surface area contributed by atoms with Gasteiger partial charge in [0.1, 0.15) is 17.6 Å². The van der Waals surface area contributed by atoms with Crippen LogP contribution in [-0.2, 0) is 19.9 Å². The zero-order valence-corrected chi connectivity index (χ0v) is 22.7. The Balaban J connectivity index is 1.70. The van der Waals surface area contributed by atoms with Crippen molar-refractivity contribution >= 4 is 5.91 Å². The molecule has 37 heavy (non-hydrogen) atoms. The fourth-order valence-electron chi connectivity index (χ4n) is 4.14. The molecule has 0 bridgehead atoms. The van der Waals surface area contributed by atoms with E-state index < -0.39 is 0 Å². The van der Waals surface area contributed by atoms with Crippen LogP contribution in [0.4, 0.5) is 0 Å². The van der Waals surface area contributed by atoms with Crippen LogP contribution < -0.4 is 10.1 Å². The van der Waals surface area contributed by atoms with Gasteiger partial charge in [0.2, 0.25) is 0 Å². The minimum absolute atomic E-state index is 0.0435. The number of carbonyl (C=O) groups is 1. The Hall–Kier alpha value is -3.63. The molecule has 0 aliphatic rings. The van der Waals surface area contributed by atoms with Gasteiger partial charge in [0.15, 0.2) is 0 Å². The molecular weight excluding hydrogens is 464 g/mol. The Morgan fingerprint density at radius 3 is 2.49 bits per heavy atom. The van der Waals surface area contributed by atoms with Crippen LogP contribution in [0.25, 0.3) is 11.3 Å². The van der Waals surface area contributed by atoms with E-state index in [1.165, 1.54) is 0 Å². The lowest BCUT2D eigenvalue weighted by molar-refractivity contribution is 0.0930. The molecule has 2 aromatic carbocycles. The SMILES string of the molecule is CC(C)Oc1ccc(C(=O)N[C@H](CCO)Cc2ccc(-c3cn(C)c(CC(C)(C)C)n3)cc2)cc1C#N. The first-order valence-corrected chi connectivity index (χ1v) is 12.7. The van der Waals surface area contributed by atoms with Crippen molar-refractivity contribution in [2.45, 2.75) is 66.0 Å². The van der Waals surface area contributed by atoms with Crippen LogP contribution in [0.2, 0.25) is 0 Å². The summed E-state index contributed by atoms with van der Waals surface area (Å²) in [4.78, 5) is 17.8. The average Bonchev–Trinajstić information content (AvgIpc) is 3.18. The quantitative estimate of drug-likeness (QED) is 0.404. The lowest BCUT2D eigenvalue weighted by Gasteiger charge is -2.19. The third-order valence-electron chi connectivity index (χ3n) is 5.93. The Morgan fingerprint density at radius 1 is 1.19 bits per heavy atom. The third-order valence-corrected chi connectivity index (χ3v) is 5.93. The number of hydrogen-bond acceptors (Lipinski definition) is 5. The van der Waals surface area contributed by atoms with E-state index in [9.17, 15) is 15.2 Å². The molecule has 7 nitrogen and oxygen atoms in total. The van der Waals surface area contributed by atoms with E-state index in [1.54, 1.807) is 18.2 Å². The molecule has 2 N–H and O–H groups in total. The van der Waals surface area contributed by atoms with Crippen LogP contribution >= 0.6 is 0 Å². The number of hydrogen-bond donors (Lipinski definition) is 2. The van der Waals surface area contributed by atoms with Crippen LogP contribution in [0, 0.1) is 16.7 Å². The van der Waals surface area contributed by atoms with E-state index in [0.717, 1.165) is 29.1 Å². The number of aryl methyl sites for hydroxylation is 1. The Kier molecular flexibility index (Phi) is 9.12. The minimum atomic E-state index is -0.289. The fourth-order valence-corrected chi connectivity index (χ4v) is 4.14. The van der Waals surface area contributed by atoms with Gasteiger partial charge >= 0.3 is 0 Å². The van der Waals surface area contributed by atoms with E-state index in [1.807, 2.05) is 45.2 Å². The molecule has 3 aromatic rings. The monoisotopic (exact) mass is 502 g/mol. The Labute approximate surface area is 220 Å². The molecule has 1 atom stereocenters. The van der Waals surface area contributed by atoms with Gasteiger partial charge in [-0.2, -0.15) is 5.26 Å². The summed E-state index contributed by atoms with van der Waals surface area (Å²) in [6.45, 7) is 10.3. The molecule has 0 saturated heterocycles. The van der Waals surface area contributed by atoms with Gasteiger partial charge in [0.05, 0.1) is 17.4 Å². The van der Waals surface area contributed by atoms with Crippen LogP contribution in [0.5, 0.6) is 5.75 Å². The molecule has 3 rings (SSSR count). The van der Waals surface area contributed by atoms with E-state index >= 15 is 0 Å². The van der Waals surface area contributed by atoms with Gasteiger partial charge in [-0.15, -0.1) is 0 Å². The summed E-state index contributed by atoms with van der Waals surface area (Å²) >= 11 is 0. The van der Waals surface area contributed by atoms with Crippen molar-refractivity contribution in [2.24, 2.45) is 12.5 Å². The van der Waals surface area contributed by atoms with Crippen molar-refractivity contribution in [3.8, 4) is 23.1 Å². The summed E-state index contributed by atoms with van der Waals surface area (Å²) in [5, 5.41) is 22.1. The highest BCUT2D eigenvalue weighted by Crippen LogP contribution is 2.25. The lowest BCUT2D eigenvalue weighted by Crippen LogP contribution is -2.37. The highest BCUT2D eigenvalue weighted by Gasteiger charge is 2.18. The van der Waals surface area contributed by atoms with Crippen molar-refractivity contribution in [2.75, 3.05) is 6.61 Å². The molecule has 1 heterocycles. The van der Waals surface area contributed by atoms with Crippen LogP contribution in [0.1, 0.15) is 68.3 Å². The maximum atomic E-state index is 12.9. The number of aromatic nitrogens is 2. The van der Waals surface area contributed by atoms with Crippen molar-refractivity contribution < 1.29 is 14.6 Å². The number of rotatable bonds is 10. The Morgan fingerprint density at radius 2 is 1.89 bits per heavy atom. The van der Waals surface area contributed by atoms with E-state index in [4.69, 9.17) is 9.72 Å². The molecule has 0 radical (unpaired) electrons. The number of benzene rings is 2. The number of imidazole rings is 1. The first kappa shape index (κ1) is 27.9. The normalized spacial score (nSPS) is 12.3. The number of carbonyl (C=O) groups excluding carboxylic acids is 1. The highest BCUT2D eigenvalue weighted by molar-refractivity contribution is 5.95. The summed E-state index contributed by atoms with van der Waals surface area (Å²) in [5.74, 6) is 1.22. The largest absolute Gasteiger partial charge is 0.490 e. The lowest BCUT2D eigenvalue weighted by atomic mass is 9.92. The molecule has 196 valence electrons. The number of nitrogens with one attached hydrogen (secondary N) is 1. The molecule has 0 saturated carbocycles. The maximum Gasteiger partial charge on any atom is 0.251 e. The van der Waals surface area contributed by atoms with Gasteiger partial charge in [-0.25, -0.2) is 4.98 Å². The standard InChI is InChI=1S/C30H38N4O3/c1-20(2)37-27-12-11-23(16-24(27)18-31)29(36)32-25(13-14-35)15-21-7-9-22(10-8-21)26-19-34(6)28(33-26)17-30(3,4)5/h7-12,16,19-20,25,35H,13-15,17H2,1-6H3,(H,32,36)/t25-/m1/s1. The third kappa shape index (κ3) is 7.93. The van der Waals surface area contributed by atoms with Gasteiger partial charge in [-0.1, -0.05) is 45.0 Å². The van der Waals surface area contributed by atoms with Gasteiger partial charge in [0, 0.05) is 43.4 Å². The fraction of sp³-hybridized carbons (Fsp3) is 0.433. The molecule has 0 unspecified atom stereocenters. The molecule has 0 spiro atoms. The van der Waals surface area contributed by atoms with Crippen molar-refractivity contribution in [3.05, 3.63) is 71.2 Å². The van der Waals surface area contributed by atoms with Crippen LogP contribution in [-0.4, -0.2) is 39.3 Å². The van der Waals surface area contributed by atoms with Crippen LogP contribution in [0.15, 0.2) is 48.7 Å². The molecule has 0 aliphatic carbocycles. The zero-order chi connectivity index (χ0) is 27.2. The summed E-state index contributed by atoms with van der Waals surface area (Å²) in [6, 6.07) is 14.8. The average molecular weight is 503 g/mol. The van der Waals surface area contributed by atoms with Gasteiger partial charge in [-0.05, 0) is 55.9 Å². The first-order valence-electron chi connectivity index (χ1n) is 12.7. The predicted octanol–water partition coefficient (Wildman–Crippen LogP) is 5.06. The number of nitriles is 1. The number of amides is 1. The number of aliphatic hydroxyl groups excluding tert-OH is 1. The second-order valence-electron chi connectivity index (χ2n) is 11.0. The summed E-state index contributed by atoms with van der Waals surface area (Å²) < 4.78 is 7.73. The molecule has 1 aromatic heterocycles. The van der Waals surface area contributed by atoms with Crippen molar-refractivity contribution in [1.29, 1.82) is 5.26 Å². The summed E-state index contributed by atoms with van der Waals surface area (Å²) in [6.07, 6.45) is 3.87. The molecular formula is C30H38N4O3. The summed E-state index contributed by atoms with van der Waals surface area (Å²) in [7, 11) is 2.03. The van der Waals surface area contributed by atoms with Crippen LogP contribution in [0.3, 0.4) is 0 Å². The van der Waals surface area contributed by atoms with Gasteiger partial charge in [-0.3, -0.25) is 4.79 Å².